The van der Waals surface area contributed by atoms with Gasteiger partial charge in [-0.1, -0.05) is 13.0 Å². The van der Waals surface area contributed by atoms with Crippen molar-refractivity contribution < 1.29 is 9.53 Å². The second-order valence-electron chi connectivity index (χ2n) is 6.19. The van der Waals surface area contributed by atoms with Gasteiger partial charge in [0.1, 0.15) is 5.60 Å². The average molecular weight is 262 g/mol. The topological polar surface area (TPSA) is 42.4 Å². The number of pyridine rings is 1. The number of hydrogen-bond acceptors (Lipinski definition) is 3. The first-order chi connectivity index (χ1) is 8.79. The summed E-state index contributed by atoms with van der Waals surface area (Å²) in [6, 6.07) is 3.97. The third-order valence-electron chi connectivity index (χ3n) is 3.35. The molecule has 1 aromatic heterocycles. The molecule has 0 fully saturated rings. The maximum atomic E-state index is 12.3. The van der Waals surface area contributed by atoms with E-state index in [9.17, 15) is 4.79 Å². The van der Waals surface area contributed by atoms with Crippen LogP contribution >= 0.6 is 0 Å². The molecule has 0 radical (unpaired) electrons. The Morgan fingerprint density at radius 1 is 1.42 bits per heavy atom. The minimum Gasteiger partial charge on any atom is -0.444 e. The molecule has 2 unspecified atom stereocenters. The number of carbonyl (C=O) groups is 1. The first kappa shape index (κ1) is 13.8. The van der Waals surface area contributed by atoms with Gasteiger partial charge in [-0.15, -0.1) is 0 Å². The van der Waals surface area contributed by atoms with Crippen molar-refractivity contribution in [1.82, 2.24) is 9.88 Å². The van der Waals surface area contributed by atoms with Crippen LogP contribution in [0, 0.1) is 0 Å². The number of aromatic nitrogens is 1. The summed E-state index contributed by atoms with van der Waals surface area (Å²) < 4.78 is 5.48. The molecule has 4 heteroatoms. The Balaban J connectivity index is 2.25. The molecule has 0 aromatic carbocycles. The van der Waals surface area contributed by atoms with Crippen molar-refractivity contribution in [2.75, 3.05) is 6.54 Å². The Labute approximate surface area is 114 Å². The minimum absolute atomic E-state index is 0.00903. The lowest BCUT2D eigenvalue weighted by Crippen LogP contribution is -2.43. The van der Waals surface area contributed by atoms with Crippen LogP contribution in [0.1, 0.15) is 57.8 Å². The van der Waals surface area contributed by atoms with Crippen LogP contribution in [0.15, 0.2) is 18.3 Å². The zero-order valence-electron chi connectivity index (χ0n) is 12.3. The molecule has 2 heterocycles. The summed E-state index contributed by atoms with van der Waals surface area (Å²) in [5, 5.41) is 0. The molecule has 1 amide bonds. The highest BCUT2D eigenvalue weighted by Crippen LogP contribution is 2.34. The second-order valence-corrected chi connectivity index (χ2v) is 6.19. The van der Waals surface area contributed by atoms with Gasteiger partial charge in [-0.2, -0.15) is 0 Å². The standard InChI is InChI=1S/C15H22N2O2/c1-10-9-17(14(18)19-15(3,4)5)11(2)12-7-6-8-16-13(10)12/h6-8,10-11H,9H2,1-5H3. The first-order valence-electron chi connectivity index (χ1n) is 6.74. The Kier molecular flexibility index (Phi) is 3.52. The lowest BCUT2D eigenvalue weighted by Gasteiger charge is -2.38. The molecule has 2 rings (SSSR count). The Morgan fingerprint density at radius 3 is 2.74 bits per heavy atom. The predicted octanol–water partition coefficient (Wildman–Crippen LogP) is 3.50. The molecule has 0 spiro atoms. The van der Waals surface area contributed by atoms with Crippen LogP contribution in [0.2, 0.25) is 0 Å². The fourth-order valence-corrected chi connectivity index (χ4v) is 2.46. The van der Waals surface area contributed by atoms with Crippen molar-refractivity contribution in [3.8, 4) is 0 Å². The summed E-state index contributed by atoms with van der Waals surface area (Å²) in [6.45, 7) is 10.4. The molecule has 4 nitrogen and oxygen atoms in total. The third-order valence-corrected chi connectivity index (χ3v) is 3.35. The Bertz CT molecular complexity index is 479. The third kappa shape index (κ3) is 2.88. The van der Waals surface area contributed by atoms with Crippen molar-refractivity contribution in [1.29, 1.82) is 0 Å². The van der Waals surface area contributed by atoms with E-state index in [1.54, 1.807) is 4.90 Å². The molecule has 1 aliphatic heterocycles. The highest BCUT2D eigenvalue weighted by Gasteiger charge is 2.34. The Hall–Kier alpha value is -1.58. The molecular formula is C15H22N2O2. The van der Waals surface area contributed by atoms with Crippen molar-refractivity contribution in [2.24, 2.45) is 0 Å². The number of hydrogen-bond donors (Lipinski definition) is 0. The van der Waals surface area contributed by atoms with Crippen LogP contribution in [0.5, 0.6) is 0 Å². The van der Waals surface area contributed by atoms with Gasteiger partial charge < -0.3 is 9.64 Å². The molecule has 0 saturated heterocycles. The normalized spacial score (nSPS) is 22.9. The fraction of sp³-hybridized carbons (Fsp3) is 0.600. The SMILES string of the molecule is CC1CN(C(=O)OC(C)(C)C)C(C)c2cccnc21. The number of rotatable bonds is 0. The summed E-state index contributed by atoms with van der Waals surface area (Å²) in [7, 11) is 0. The van der Waals surface area contributed by atoms with E-state index in [0.717, 1.165) is 11.3 Å². The molecule has 1 aliphatic rings. The molecule has 0 saturated carbocycles. The van der Waals surface area contributed by atoms with E-state index in [4.69, 9.17) is 4.74 Å². The summed E-state index contributed by atoms with van der Waals surface area (Å²) in [4.78, 5) is 18.5. The van der Waals surface area contributed by atoms with Gasteiger partial charge in [0.25, 0.3) is 0 Å². The average Bonchev–Trinajstić information content (AvgIpc) is 2.31. The van der Waals surface area contributed by atoms with Crippen LogP contribution in [0.25, 0.3) is 0 Å². The van der Waals surface area contributed by atoms with E-state index in [2.05, 4.69) is 11.9 Å². The first-order valence-corrected chi connectivity index (χ1v) is 6.74. The van der Waals surface area contributed by atoms with Gasteiger partial charge in [0.15, 0.2) is 0 Å². The van der Waals surface area contributed by atoms with Gasteiger partial charge >= 0.3 is 6.09 Å². The minimum atomic E-state index is -0.463. The summed E-state index contributed by atoms with van der Waals surface area (Å²) in [5.41, 5.74) is 1.75. The van der Waals surface area contributed by atoms with E-state index >= 15 is 0 Å². The van der Waals surface area contributed by atoms with E-state index in [0.29, 0.717) is 6.54 Å². The van der Waals surface area contributed by atoms with Gasteiger partial charge in [-0.25, -0.2) is 4.79 Å². The largest absolute Gasteiger partial charge is 0.444 e. The van der Waals surface area contributed by atoms with Crippen LogP contribution < -0.4 is 0 Å². The van der Waals surface area contributed by atoms with Crippen LogP contribution in [-0.4, -0.2) is 28.1 Å². The number of nitrogens with zero attached hydrogens (tertiary/aromatic N) is 2. The smallest absolute Gasteiger partial charge is 0.410 e. The predicted molar refractivity (Wildman–Crippen MR) is 74.0 cm³/mol. The zero-order valence-corrected chi connectivity index (χ0v) is 12.3. The maximum Gasteiger partial charge on any atom is 0.410 e. The number of amides is 1. The molecule has 1 aromatic rings. The van der Waals surface area contributed by atoms with Crippen molar-refractivity contribution in [3.05, 3.63) is 29.6 Å². The van der Waals surface area contributed by atoms with Gasteiger partial charge in [0, 0.05) is 18.7 Å². The lowest BCUT2D eigenvalue weighted by atomic mass is 9.91. The molecule has 0 aliphatic carbocycles. The summed E-state index contributed by atoms with van der Waals surface area (Å²) in [5.74, 6) is 0.236. The maximum absolute atomic E-state index is 12.3. The molecule has 0 bridgehead atoms. The second kappa shape index (κ2) is 4.83. The molecular weight excluding hydrogens is 240 g/mol. The highest BCUT2D eigenvalue weighted by molar-refractivity contribution is 5.69. The van der Waals surface area contributed by atoms with Crippen molar-refractivity contribution in [3.63, 3.8) is 0 Å². The molecule has 0 N–H and O–H groups in total. The van der Waals surface area contributed by atoms with Crippen molar-refractivity contribution >= 4 is 6.09 Å². The zero-order chi connectivity index (χ0) is 14.2. The quantitative estimate of drug-likeness (QED) is 0.718. The van der Waals surface area contributed by atoms with E-state index in [-0.39, 0.29) is 18.1 Å². The number of carbonyl (C=O) groups excluding carboxylic acids is 1. The summed E-state index contributed by atoms with van der Waals surface area (Å²) >= 11 is 0. The van der Waals surface area contributed by atoms with Gasteiger partial charge in [-0.05, 0) is 39.3 Å². The van der Waals surface area contributed by atoms with Crippen LogP contribution in [0.3, 0.4) is 0 Å². The van der Waals surface area contributed by atoms with Crippen LogP contribution in [0.4, 0.5) is 4.79 Å². The molecule has 104 valence electrons. The lowest BCUT2D eigenvalue weighted by molar-refractivity contribution is 0.0139. The van der Waals surface area contributed by atoms with E-state index in [1.165, 1.54) is 0 Å². The Morgan fingerprint density at radius 2 is 2.11 bits per heavy atom. The monoisotopic (exact) mass is 262 g/mol. The van der Waals surface area contributed by atoms with Gasteiger partial charge in [0.2, 0.25) is 0 Å². The number of fused-ring (bicyclic) bond motifs is 1. The molecule has 19 heavy (non-hydrogen) atoms. The highest BCUT2D eigenvalue weighted by atomic mass is 16.6. The van der Waals surface area contributed by atoms with Gasteiger partial charge in [0.05, 0.1) is 11.7 Å². The van der Waals surface area contributed by atoms with E-state index < -0.39 is 5.60 Å². The van der Waals surface area contributed by atoms with Crippen molar-refractivity contribution in [2.45, 2.75) is 52.2 Å². The van der Waals surface area contributed by atoms with Crippen LogP contribution in [-0.2, 0) is 4.74 Å². The number of ether oxygens (including phenoxy) is 1. The van der Waals surface area contributed by atoms with E-state index in [1.807, 2.05) is 46.0 Å². The summed E-state index contributed by atoms with van der Waals surface area (Å²) in [6.07, 6.45) is 1.56. The van der Waals surface area contributed by atoms with Gasteiger partial charge in [-0.3, -0.25) is 4.98 Å². The molecule has 2 atom stereocenters. The fourth-order valence-electron chi connectivity index (χ4n) is 2.46.